The first-order chi connectivity index (χ1) is 40.1. The van der Waals surface area contributed by atoms with E-state index in [0.29, 0.717) is 12.8 Å². The smallest absolute Gasteiger partial charge is 0.220 e. The maximum absolute atomic E-state index is 13.3. The molecule has 2 aliphatic rings. The molecule has 1 amide bonds. The van der Waals surface area contributed by atoms with Crippen molar-refractivity contribution in [1.82, 2.24) is 5.32 Å². The van der Waals surface area contributed by atoms with Crippen LogP contribution in [0.3, 0.4) is 0 Å². The fourth-order valence-electron chi connectivity index (χ4n) is 9.56. The lowest BCUT2D eigenvalue weighted by atomic mass is 9.97. The third-order valence-corrected chi connectivity index (χ3v) is 14.6. The molecular weight excluding hydrogens is 1040 g/mol. The highest BCUT2D eigenvalue weighted by Crippen LogP contribution is 2.30. The predicted octanol–water partition coefficient (Wildman–Crippen LogP) is 11.8. The molecule has 0 radical (unpaired) electrons. The maximum atomic E-state index is 13.3. The summed E-state index contributed by atoms with van der Waals surface area (Å²) in [6.07, 6.45) is 58.2. The van der Waals surface area contributed by atoms with Crippen LogP contribution in [0.2, 0.25) is 0 Å². The molecule has 0 bridgehead atoms. The van der Waals surface area contributed by atoms with E-state index in [-0.39, 0.29) is 18.9 Å². The van der Waals surface area contributed by atoms with Crippen molar-refractivity contribution in [3.05, 3.63) is 122 Å². The van der Waals surface area contributed by atoms with Gasteiger partial charge in [0.05, 0.1) is 32.0 Å². The Labute approximate surface area is 495 Å². The Kier molecular flexibility index (Phi) is 47.0. The second kappa shape index (κ2) is 51.8. The molecule has 9 N–H and O–H groups in total. The monoisotopic (exact) mass is 1150 g/mol. The minimum atomic E-state index is -1.80. The van der Waals surface area contributed by atoms with Gasteiger partial charge in [-0.3, -0.25) is 4.79 Å². The van der Waals surface area contributed by atoms with Crippen LogP contribution in [0.1, 0.15) is 206 Å². The summed E-state index contributed by atoms with van der Waals surface area (Å²) in [7, 11) is 0. The van der Waals surface area contributed by atoms with Crippen molar-refractivity contribution >= 4 is 5.91 Å². The average Bonchev–Trinajstić information content (AvgIpc) is 3.56. The number of aliphatic hydroxyl groups is 8. The van der Waals surface area contributed by atoms with Crippen LogP contribution < -0.4 is 5.32 Å². The number of hydrogen-bond donors (Lipinski definition) is 9. The number of unbranched alkanes of at least 4 members (excludes halogenated alkanes) is 18. The van der Waals surface area contributed by atoms with Crippen LogP contribution in [0.5, 0.6) is 0 Å². The second-order valence-corrected chi connectivity index (χ2v) is 21.8. The van der Waals surface area contributed by atoms with E-state index >= 15 is 0 Å². The molecular formula is C68H113NO13. The van der Waals surface area contributed by atoms with Gasteiger partial charge in [-0.15, -0.1) is 0 Å². The molecule has 2 aliphatic heterocycles. The Morgan fingerprint density at radius 2 is 0.854 bits per heavy atom. The zero-order valence-corrected chi connectivity index (χ0v) is 50.4. The number of carbonyl (C=O) groups is 1. The molecule has 0 aromatic heterocycles. The lowest BCUT2D eigenvalue weighted by molar-refractivity contribution is -0.359. The first kappa shape index (κ1) is 74.5. The Morgan fingerprint density at radius 1 is 0.451 bits per heavy atom. The summed E-state index contributed by atoms with van der Waals surface area (Å²) in [5.41, 5.74) is 0. The van der Waals surface area contributed by atoms with Gasteiger partial charge in [-0.1, -0.05) is 225 Å². The fraction of sp³-hybridized carbons (Fsp3) is 0.691. The quantitative estimate of drug-likeness (QED) is 0.0204. The lowest BCUT2D eigenvalue weighted by Gasteiger charge is -2.46. The number of rotatable bonds is 49. The number of ether oxygens (including phenoxy) is 4. The summed E-state index contributed by atoms with van der Waals surface area (Å²) in [6, 6.07) is -0.941. The van der Waals surface area contributed by atoms with Crippen LogP contribution in [0.4, 0.5) is 0 Å². The zero-order chi connectivity index (χ0) is 59.5. The van der Waals surface area contributed by atoms with E-state index in [9.17, 15) is 45.6 Å². The molecule has 2 rings (SSSR count). The standard InChI is InChI=1S/C68H113NO13/c1-3-5-7-9-11-13-15-17-18-19-20-21-22-23-24-25-26-27-28-29-30-31-32-33-34-35-36-37-38-40-42-44-46-48-50-52-60(73)69-56(57(72)51-49-47-45-43-41-39-16-14-12-10-8-6-4-2)55-79-67-65(78)63(76)66(59(54-71)81-67)82-68-64(77)62(75)61(74)58(53-70)80-68/h5,7,11,13,17-18,20-21,23-24,26-27,29-30,32-33,41,43,49,51,56-59,61-68,70-72,74-78H,3-4,6,8-10,12,14-16,19,22,25,28,31,34-40,42,44-48,50,52-55H2,1-2H3,(H,69,73)/b7-5-,13-11-,18-17-,21-20-,24-23-,27-26-,30-29-,33-32-,43-41+,51-49+. The highest BCUT2D eigenvalue weighted by Gasteiger charge is 2.51. The summed E-state index contributed by atoms with van der Waals surface area (Å²) < 4.78 is 22.7. The molecule has 0 spiro atoms. The number of amides is 1. The maximum Gasteiger partial charge on any atom is 0.220 e. The van der Waals surface area contributed by atoms with Crippen LogP contribution in [-0.2, 0) is 23.7 Å². The van der Waals surface area contributed by atoms with Gasteiger partial charge in [0, 0.05) is 6.42 Å². The molecule has 2 heterocycles. The van der Waals surface area contributed by atoms with Crippen molar-refractivity contribution in [2.45, 2.75) is 280 Å². The number of carbonyl (C=O) groups excluding carboxylic acids is 1. The molecule has 2 saturated heterocycles. The number of allylic oxidation sites excluding steroid dienone is 19. The van der Waals surface area contributed by atoms with Gasteiger partial charge in [-0.25, -0.2) is 0 Å². The van der Waals surface area contributed by atoms with Gasteiger partial charge in [0.15, 0.2) is 12.6 Å². The van der Waals surface area contributed by atoms with Crippen LogP contribution in [0, 0.1) is 0 Å². The third kappa shape index (κ3) is 36.3. The SMILES string of the molecule is CC/C=C\C/C=C\C/C=C\C/C=C\C/C=C\C/C=C\C/C=C\C/C=C\CCCCCCCCCCCCC(=O)NC(COC1OC(CO)C(OC2OC(CO)C(O)C(O)C2O)C(O)C1O)C(O)/C=C/CC/C=C/CCCCCCCCC. The Bertz CT molecular complexity index is 1840. The van der Waals surface area contributed by atoms with E-state index < -0.39 is 86.8 Å². The molecule has 468 valence electrons. The largest absolute Gasteiger partial charge is 0.394 e. The Hall–Kier alpha value is -3.61. The van der Waals surface area contributed by atoms with Crippen LogP contribution in [0.25, 0.3) is 0 Å². The Balaban J connectivity index is 1.66. The summed E-state index contributed by atoms with van der Waals surface area (Å²) in [6.45, 7) is 2.63. The summed E-state index contributed by atoms with van der Waals surface area (Å²) in [5.74, 6) is -0.260. The first-order valence-electron chi connectivity index (χ1n) is 31.8. The molecule has 14 heteroatoms. The van der Waals surface area contributed by atoms with Crippen LogP contribution in [0.15, 0.2) is 122 Å². The van der Waals surface area contributed by atoms with E-state index in [2.05, 4.69) is 129 Å². The van der Waals surface area contributed by atoms with Crippen molar-refractivity contribution in [1.29, 1.82) is 0 Å². The molecule has 14 nitrogen and oxygen atoms in total. The van der Waals surface area contributed by atoms with Gasteiger partial charge in [0.1, 0.15) is 48.8 Å². The van der Waals surface area contributed by atoms with Crippen LogP contribution >= 0.6 is 0 Å². The third-order valence-electron chi connectivity index (χ3n) is 14.6. The average molecular weight is 1150 g/mol. The zero-order valence-electron chi connectivity index (χ0n) is 50.4. The topological polar surface area (TPSA) is 228 Å². The van der Waals surface area contributed by atoms with Gasteiger partial charge in [0.2, 0.25) is 5.91 Å². The van der Waals surface area contributed by atoms with Crippen molar-refractivity contribution in [2.24, 2.45) is 0 Å². The van der Waals surface area contributed by atoms with Crippen molar-refractivity contribution in [2.75, 3.05) is 19.8 Å². The first-order valence-corrected chi connectivity index (χ1v) is 31.8. The number of aliphatic hydroxyl groups excluding tert-OH is 8. The summed E-state index contributed by atoms with van der Waals surface area (Å²) in [5, 5.41) is 87.0. The van der Waals surface area contributed by atoms with Crippen molar-refractivity contribution in [3.63, 3.8) is 0 Å². The molecule has 82 heavy (non-hydrogen) atoms. The molecule has 0 saturated carbocycles. The molecule has 0 aromatic carbocycles. The van der Waals surface area contributed by atoms with E-state index in [4.69, 9.17) is 18.9 Å². The van der Waals surface area contributed by atoms with E-state index in [1.165, 1.54) is 83.5 Å². The van der Waals surface area contributed by atoms with Gasteiger partial charge in [-0.2, -0.15) is 0 Å². The van der Waals surface area contributed by atoms with Gasteiger partial charge >= 0.3 is 0 Å². The van der Waals surface area contributed by atoms with E-state index in [1.807, 2.05) is 6.08 Å². The highest BCUT2D eigenvalue weighted by atomic mass is 16.7. The Morgan fingerprint density at radius 3 is 1.34 bits per heavy atom. The number of hydrogen-bond acceptors (Lipinski definition) is 13. The molecule has 12 atom stereocenters. The minimum Gasteiger partial charge on any atom is -0.394 e. The van der Waals surface area contributed by atoms with Gasteiger partial charge < -0.3 is 65.1 Å². The molecule has 2 fully saturated rings. The highest BCUT2D eigenvalue weighted by molar-refractivity contribution is 5.76. The van der Waals surface area contributed by atoms with E-state index in [1.54, 1.807) is 6.08 Å². The predicted molar refractivity (Wildman–Crippen MR) is 332 cm³/mol. The fourth-order valence-corrected chi connectivity index (χ4v) is 9.56. The van der Waals surface area contributed by atoms with Crippen LogP contribution in [-0.4, -0.2) is 140 Å². The normalized spacial score (nSPS) is 24.8. The molecule has 12 unspecified atom stereocenters. The van der Waals surface area contributed by atoms with Crippen molar-refractivity contribution in [3.8, 4) is 0 Å². The van der Waals surface area contributed by atoms with Gasteiger partial charge in [0.25, 0.3) is 0 Å². The molecule has 0 aromatic rings. The second-order valence-electron chi connectivity index (χ2n) is 21.8. The van der Waals surface area contributed by atoms with Gasteiger partial charge in [-0.05, 0) is 96.3 Å². The summed E-state index contributed by atoms with van der Waals surface area (Å²) in [4.78, 5) is 13.3. The number of nitrogens with one attached hydrogen (secondary N) is 1. The lowest BCUT2D eigenvalue weighted by Crippen LogP contribution is -2.65. The molecule has 0 aliphatic carbocycles. The minimum absolute atomic E-state index is 0.260. The van der Waals surface area contributed by atoms with Crippen molar-refractivity contribution < 1.29 is 64.6 Å². The van der Waals surface area contributed by atoms with E-state index in [0.717, 1.165) is 89.9 Å². The summed E-state index contributed by atoms with van der Waals surface area (Å²) >= 11 is 0.